The van der Waals surface area contributed by atoms with Crippen LogP contribution in [0.15, 0.2) is 199 Å². The summed E-state index contributed by atoms with van der Waals surface area (Å²) in [4.78, 5) is 82.6. The van der Waals surface area contributed by atoms with E-state index in [1.54, 1.807) is 34.6 Å². The van der Waals surface area contributed by atoms with Crippen molar-refractivity contribution in [3.63, 3.8) is 0 Å². The van der Waals surface area contributed by atoms with Crippen LogP contribution in [-0.2, 0) is 9.84 Å². The molecule has 90 heavy (non-hydrogen) atoms. The molecule has 8 bridgehead atoms. The van der Waals surface area contributed by atoms with Crippen LogP contribution < -0.4 is 9.64 Å². The van der Waals surface area contributed by atoms with Crippen LogP contribution in [0, 0.1) is 0 Å². The van der Waals surface area contributed by atoms with Crippen molar-refractivity contribution in [1.29, 1.82) is 0 Å². The number of ether oxygens (including phenoxy) is 1. The molecule has 4 aromatic heterocycles. The number of rotatable bonds is 15. The Balaban J connectivity index is 0.991. The Bertz CT molecular complexity index is 4910. The van der Waals surface area contributed by atoms with Gasteiger partial charge in [0.1, 0.15) is 34.1 Å². The maximum absolute atomic E-state index is 13.4. The monoisotopic (exact) mass is 1260 g/mol. The molecule has 1 saturated heterocycles. The number of sulfone groups is 1. The number of hydrogen-bond donors (Lipinski definition) is 2. The third-order valence-electron chi connectivity index (χ3n) is 16.2. The van der Waals surface area contributed by atoms with Crippen molar-refractivity contribution in [3.05, 3.63) is 181 Å². The number of aromatic nitrogens is 9. The summed E-state index contributed by atoms with van der Waals surface area (Å²) in [6.45, 7) is 11.2. The molecule has 0 aliphatic carbocycles. The fraction of sp³-hybridized carbons (Fsp3) is 0.174. The van der Waals surface area contributed by atoms with E-state index in [1.165, 1.54) is 11.8 Å². The van der Waals surface area contributed by atoms with Gasteiger partial charge in [-0.15, -0.1) is 0 Å². The zero-order valence-corrected chi connectivity index (χ0v) is 52.7. The molecule has 0 saturated carbocycles. The summed E-state index contributed by atoms with van der Waals surface area (Å²) in [7, 11) is -3.06. The second-order valence-electron chi connectivity index (χ2n) is 21.6. The molecule has 0 atom stereocenters. The molecule has 11 aromatic rings. The molecule has 2 amide bonds. The fourth-order valence-electron chi connectivity index (χ4n) is 11.5. The van der Waals surface area contributed by atoms with Crippen LogP contribution in [0.4, 0.5) is 5.69 Å². The zero-order chi connectivity index (χ0) is 61.6. The average Bonchev–Trinajstić information content (AvgIpc) is 1.65. The first kappa shape index (κ1) is 58.3. The summed E-state index contributed by atoms with van der Waals surface area (Å²) in [5.41, 5.74) is 6.87. The van der Waals surface area contributed by atoms with Crippen LogP contribution in [-0.4, -0.2) is 126 Å². The number of fused-ring (bicyclic) bond motifs is 20. The number of hydrogen-bond acceptors (Lipinski definition) is 16. The van der Waals surface area contributed by atoms with E-state index in [0.717, 1.165) is 62.3 Å². The minimum Gasteiger partial charge on any atom is -0.457 e. The normalized spacial score (nSPS) is 13.3. The Kier molecular flexibility index (Phi) is 15.9. The Labute approximate surface area is 531 Å². The van der Waals surface area contributed by atoms with Gasteiger partial charge in [-0.2, -0.15) is 0 Å². The maximum atomic E-state index is 13.4. The summed E-state index contributed by atoms with van der Waals surface area (Å²) < 4.78 is 31.4. The van der Waals surface area contributed by atoms with E-state index < -0.39 is 9.84 Å². The van der Waals surface area contributed by atoms with Gasteiger partial charge in [0.05, 0.1) is 17.1 Å². The lowest BCUT2D eigenvalue weighted by Gasteiger charge is -2.28. The van der Waals surface area contributed by atoms with Crippen molar-refractivity contribution in [2.45, 2.75) is 57.1 Å². The fourth-order valence-corrected chi connectivity index (χ4v) is 15.6. The first-order valence-electron chi connectivity index (χ1n) is 29.7. The first-order chi connectivity index (χ1) is 43.9. The van der Waals surface area contributed by atoms with E-state index in [4.69, 9.17) is 39.6 Å². The maximum Gasteiger partial charge on any atom is 0.253 e. The van der Waals surface area contributed by atoms with E-state index in [9.17, 15) is 18.0 Å². The SMILES string of the molecule is CCN(CC)C(=O)c1ccc(Sc2cccc3c2-c2nc-3nc3[nH]c(nc4nc(nc5[nH]c(n2)c2cccc(Sc6ccccc6)c52)-c2cccc(Oc5ccc(N6CCS(=O)(=O)CC6)cc5)c2-4)c2cncc(Sc4ccc(C(=O)N(CC)CC)cc4)c32)cc1. The first-order valence-corrected chi connectivity index (χ1v) is 34.0. The Morgan fingerprint density at radius 2 is 0.989 bits per heavy atom. The number of H-pyrrole nitrogens is 2. The van der Waals surface area contributed by atoms with Crippen molar-refractivity contribution < 1.29 is 22.7 Å². The molecule has 2 N–H and O–H groups in total. The largest absolute Gasteiger partial charge is 0.457 e. The van der Waals surface area contributed by atoms with Crippen molar-refractivity contribution in [2.75, 3.05) is 55.7 Å². The number of anilines is 1. The van der Waals surface area contributed by atoms with Gasteiger partial charge >= 0.3 is 0 Å². The highest BCUT2D eigenvalue weighted by atomic mass is 32.2. The molecule has 14 rings (SSSR count). The number of nitrogens with one attached hydrogen (secondary N) is 2. The smallest absolute Gasteiger partial charge is 0.253 e. The number of nitrogens with zero attached hydrogens (tertiary/aromatic N) is 10. The third kappa shape index (κ3) is 11.3. The molecule has 0 radical (unpaired) electrons. The van der Waals surface area contributed by atoms with E-state index in [2.05, 4.69) is 39.1 Å². The minimum atomic E-state index is -3.06. The van der Waals surface area contributed by atoms with Crippen molar-refractivity contribution in [1.82, 2.24) is 54.7 Å². The van der Waals surface area contributed by atoms with Crippen molar-refractivity contribution >= 4 is 107 Å². The number of pyridine rings is 1. The Morgan fingerprint density at radius 1 is 0.489 bits per heavy atom. The van der Waals surface area contributed by atoms with Gasteiger partial charge in [0.15, 0.2) is 33.1 Å². The second kappa shape index (κ2) is 24.5. The number of carbonyl (C=O) groups excluding carboxylic acids is 2. The number of amides is 2. The Morgan fingerprint density at radius 3 is 1.60 bits per heavy atom. The summed E-state index contributed by atoms with van der Waals surface area (Å²) in [5, 5.41) is 3.03. The van der Waals surface area contributed by atoms with Gasteiger partial charge in [-0.05, 0) is 131 Å². The van der Waals surface area contributed by atoms with Crippen LogP contribution in [0.5, 0.6) is 11.5 Å². The van der Waals surface area contributed by atoms with Crippen LogP contribution >= 0.6 is 35.3 Å². The molecule has 3 aliphatic rings. The number of aromatic amines is 2. The van der Waals surface area contributed by atoms with Gasteiger partial charge < -0.3 is 29.4 Å². The second-order valence-corrected chi connectivity index (χ2v) is 27.2. The minimum absolute atomic E-state index is 0.0151. The van der Waals surface area contributed by atoms with Gasteiger partial charge in [0.2, 0.25) is 0 Å². The summed E-state index contributed by atoms with van der Waals surface area (Å²) in [6, 6.07) is 51.2. The van der Waals surface area contributed by atoms with Crippen LogP contribution in [0.2, 0.25) is 0 Å². The molecule has 1 fully saturated rings. The van der Waals surface area contributed by atoms with Gasteiger partial charge in [-0.1, -0.05) is 89.9 Å². The lowest BCUT2D eigenvalue weighted by atomic mass is 10.1. The van der Waals surface area contributed by atoms with E-state index in [1.807, 2.05) is 172 Å². The molecular formula is C69H58N12O5S4. The highest BCUT2D eigenvalue weighted by Gasteiger charge is 2.29. The van der Waals surface area contributed by atoms with Gasteiger partial charge in [0, 0.05) is 136 Å². The molecular weight excluding hydrogens is 1210 g/mol. The quantitative estimate of drug-likeness (QED) is 0.0978. The van der Waals surface area contributed by atoms with E-state index >= 15 is 0 Å². The molecule has 0 spiro atoms. The number of benzene rings is 7. The van der Waals surface area contributed by atoms with E-state index in [-0.39, 0.29) is 23.3 Å². The Hall–Kier alpha value is -9.41. The third-order valence-corrected chi connectivity index (χ3v) is 21.0. The summed E-state index contributed by atoms with van der Waals surface area (Å²) >= 11 is 4.67. The number of carbonyl (C=O) groups is 2. The van der Waals surface area contributed by atoms with Crippen LogP contribution in [0.1, 0.15) is 48.4 Å². The lowest BCUT2D eigenvalue weighted by Crippen LogP contribution is -2.40. The van der Waals surface area contributed by atoms with Gasteiger partial charge in [-0.25, -0.2) is 38.3 Å². The molecule has 3 aliphatic heterocycles. The van der Waals surface area contributed by atoms with Gasteiger partial charge in [-0.3, -0.25) is 14.6 Å². The topological polar surface area (TPSA) is 209 Å². The van der Waals surface area contributed by atoms with Crippen molar-refractivity contribution in [2.24, 2.45) is 0 Å². The van der Waals surface area contributed by atoms with Crippen LogP contribution in [0.3, 0.4) is 0 Å². The molecule has 448 valence electrons. The van der Waals surface area contributed by atoms with Crippen LogP contribution in [0.25, 0.3) is 89.7 Å². The molecule has 7 aromatic carbocycles. The highest BCUT2D eigenvalue weighted by Crippen LogP contribution is 2.47. The molecule has 7 heterocycles. The highest BCUT2D eigenvalue weighted by molar-refractivity contribution is 8.00. The molecule has 17 nitrogen and oxygen atoms in total. The standard InChI is InChI=1S/C69H58N12O5S4/c1-5-79(6-2)68(82)41-23-31-46(32-24-41)88-54-22-14-19-50-58(54)66-74-61-49-18-13-21-53(87-45-15-10-9-11-16-45)57(49)65(73-61)72-60-48-17-12-20-52(86-44-29-27-43(28-30-44)81-35-37-90(84,85)38-36-81)56(48)64(71-60)77-63-51-39-70-40-55(59(51)67(78-63)76-62(50)75-66)89-47-33-25-42(26-34-47)69(83)80(7-3)8-4/h9-34,39-40H,5-8,35-38H2,1-4H3,(H2,71,72,73,74,75,76,77,78). The predicted molar refractivity (Wildman–Crippen MR) is 357 cm³/mol. The molecule has 21 heteroatoms. The summed E-state index contributed by atoms with van der Waals surface area (Å²) in [5.74, 6) is 2.76. The summed E-state index contributed by atoms with van der Waals surface area (Å²) in [6.07, 6.45) is 3.58. The van der Waals surface area contributed by atoms with E-state index in [0.29, 0.717) is 124 Å². The van der Waals surface area contributed by atoms with Gasteiger partial charge in [0.25, 0.3) is 11.8 Å². The van der Waals surface area contributed by atoms with Crippen molar-refractivity contribution in [3.8, 4) is 57.1 Å². The average molecular weight is 1260 g/mol. The molecule has 0 unspecified atom stereocenters. The zero-order valence-electron chi connectivity index (χ0n) is 49.5. The lowest BCUT2D eigenvalue weighted by molar-refractivity contribution is 0.0765. The predicted octanol–water partition coefficient (Wildman–Crippen LogP) is 14.7.